The second-order valence-electron chi connectivity index (χ2n) is 3.72. The average Bonchev–Trinajstić information content (AvgIpc) is 2.67. The van der Waals surface area contributed by atoms with E-state index in [1.807, 2.05) is 6.92 Å². The van der Waals surface area contributed by atoms with Gasteiger partial charge in [-0.05, 0) is 19.3 Å². The van der Waals surface area contributed by atoms with Crippen molar-refractivity contribution in [1.29, 1.82) is 0 Å². The van der Waals surface area contributed by atoms with Gasteiger partial charge >= 0.3 is 5.97 Å². The van der Waals surface area contributed by atoms with E-state index in [-0.39, 0.29) is 11.9 Å². The summed E-state index contributed by atoms with van der Waals surface area (Å²) in [6.07, 6.45) is 3.05. The average molecular weight is 185 g/mol. The Kier molecular flexibility index (Phi) is 3.28. The number of hydrogen-bond donors (Lipinski definition) is 2. The van der Waals surface area contributed by atoms with E-state index < -0.39 is 12.4 Å². The molecule has 1 amide bonds. The van der Waals surface area contributed by atoms with Crippen LogP contribution >= 0.6 is 0 Å². The molecule has 1 aliphatic rings. The largest absolute Gasteiger partial charge is 0.481 e. The van der Waals surface area contributed by atoms with Crippen molar-refractivity contribution in [3.63, 3.8) is 0 Å². The van der Waals surface area contributed by atoms with E-state index in [9.17, 15) is 9.59 Å². The van der Waals surface area contributed by atoms with Gasteiger partial charge in [-0.25, -0.2) is 0 Å². The van der Waals surface area contributed by atoms with Crippen LogP contribution < -0.4 is 5.32 Å². The molecule has 0 radical (unpaired) electrons. The van der Waals surface area contributed by atoms with Crippen molar-refractivity contribution in [1.82, 2.24) is 5.32 Å². The first-order valence-electron chi connectivity index (χ1n) is 4.59. The standard InChI is InChI=1S/C9H15NO3/c1-6(4-7-2-3-7)10-8(11)5-9(12)13/h6-7H,2-5H2,1H3,(H,10,11)(H,12,13). The number of rotatable bonds is 5. The van der Waals surface area contributed by atoms with Crippen LogP contribution in [0.5, 0.6) is 0 Å². The lowest BCUT2D eigenvalue weighted by molar-refractivity contribution is -0.140. The van der Waals surface area contributed by atoms with E-state index in [4.69, 9.17) is 5.11 Å². The van der Waals surface area contributed by atoms with Crippen LogP contribution in [-0.2, 0) is 9.59 Å². The molecule has 0 aromatic heterocycles. The third kappa shape index (κ3) is 4.50. The smallest absolute Gasteiger partial charge is 0.312 e. The molecule has 0 saturated heterocycles. The predicted molar refractivity (Wildman–Crippen MR) is 47.2 cm³/mol. The number of hydrogen-bond acceptors (Lipinski definition) is 2. The topological polar surface area (TPSA) is 66.4 Å². The minimum atomic E-state index is -1.07. The van der Waals surface area contributed by atoms with Crippen molar-refractivity contribution in [3.05, 3.63) is 0 Å². The van der Waals surface area contributed by atoms with Crippen LogP contribution in [0.15, 0.2) is 0 Å². The van der Waals surface area contributed by atoms with Crippen LogP contribution in [0.1, 0.15) is 32.6 Å². The molecule has 1 rings (SSSR count). The van der Waals surface area contributed by atoms with Gasteiger partial charge in [0.25, 0.3) is 0 Å². The van der Waals surface area contributed by atoms with Crippen molar-refractivity contribution in [2.75, 3.05) is 0 Å². The van der Waals surface area contributed by atoms with Crippen molar-refractivity contribution in [3.8, 4) is 0 Å². The van der Waals surface area contributed by atoms with Crippen LogP contribution in [-0.4, -0.2) is 23.0 Å². The number of carboxylic acid groups (broad SMARTS) is 1. The van der Waals surface area contributed by atoms with E-state index in [0.29, 0.717) is 0 Å². The summed E-state index contributed by atoms with van der Waals surface area (Å²) in [5, 5.41) is 11.0. The molecule has 1 saturated carbocycles. The monoisotopic (exact) mass is 185 g/mol. The number of amides is 1. The molecular weight excluding hydrogens is 170 g/mol. The molecule has 0 heterocycles. The van der Waals surface area contributed by atoms with E-state index in [2.05, 4.69) is 5.32 Å². The maximum Gasteiger partial charge on any atom is 0.312 e. The Balaban J connectivity index is 2.13. The van der Waals surface area contributed by atoms with Crippen molar-refractivity contribution >= 4 is 11.9 Å². The zero-order valence-electron chi connectivity index (χ0n) is 7.75. The van der Waals surface area contributed by atoms with Gasteiger partial charge in [0, 0.05) is 6.04 Å². The van der Waals surface area contributed by atoms with Gasteiger partial charge in [0.15, 0.2) is 0 Å². The Morgan fingerprint density at radius 1 is 1.54 bits per heavy atom. The van der Waals surface area contributed by atoms with Crippen LogP contribution in [0.4, 0.5) is 0 Å². The highest BCUT2D eigenvalue weighted by Gasteiger charge is 2.24. The van der Waals surface area contributed by atoms with Gasteiger partial charge in [-0.1, -0.05) is 12.8 Å². The Morgan fingerprint density at radius 2 is 2.15 bits per heavy atom. The Morgan fingerprint density at radius 3 is 2.62 bits per heavy atom. The number of carbonyl (C=O) groups excluding carboxylic acids is 1. The Bertz CT molecular complexity index is 211. The van der Waals surface area contributed by atoms with Crippen LogP contribution in [0, 0.1) is 5.92 Å². The molecule has 1 unspecified atom stereocenters. The van der Waals surface area contributed by atoms with E-state index in [1.165, 1.54) is 12.8 Å². The van der Waals surface area contributed by atoms with Crippen molar-refractivity contribution in [2.45, 2.75) is 38.6 Å². The summed E-state index contributed by atoms with van der Waals surface area (Å²) >= 11 is 0. The minimum Gasteiger partial charge on any atom is -0.481 e. The van der Waals surface area contributed by atoms with Gasteiger partial charge in [-0.15, -0.1) is 0 Å². The molecule has 1 fully saturated rings. The summed E-state index contributed by atoms with van der Waals surface area (Å²) in [6.45, 7) is 1.91. The molecule has 1 atom stereocenters. The number of carbonyl (C=O) groups is 2. The molecular formula is C9H15NO3. The van der Waals surface area contributed by atoms with Gasteiger partial charge in [0.2, 0.25) is 5.91 Å². The zero-order chi connectivity index (χ0) is 9.84. The first-order chi connectivity index (χ1) is 6.08. The third-order valence-electron chi connectivity index (χ3n) is 2.10. The van der Waals surface area contributed by atoms with Crippen molar-refractivity contribution in [2.24, 2.45) is 5.92 Å². The second-order valence-corrected chi connectivity index (χ2v) is 3.72. The minimum absolute atomic E-state index is 0.111. The summed E-state index contributed by atoms with van der Waals surface area (Å²) < 4.78 is 0. The van der Waals surface area contributed by atoms with E-state index in [0.717, 1.165) is 12.3 Å². The van der Waals surface area contributed by atoms with Gasteiger partial charge in [-0.3, -0.25) is 9.59 Å². The van der Waals surface area contributed by atoms with Crippen molar-refractivity contribution < 1.29 is 14.7 Å². The molecule has 0 aromatic carbocycles. The summed E-state index contributed by atoms with van der Waals surface area (Å²) in [5.41, 5.74) is 0. The molecule has 0 aromatic rings. The van der Waals surface area contributed by atoms with Crippen LogP contribution in [0.3, 0.4) is 0 Å². The summed E-state index contributed by atoms with van der Waals surface area (Å²) in [7, 11) is 0. The fourth-order valence-corrected chi connectivity index (χ4v) is 1.38. The number of aliphatic carboxylic acids is 1. The maximum absolute atomic E-state index is 11.0. The summed E-state index contributed by atoms with van der Waals surface area (Å²) in [5.74, 6) is -0.711. The highest BCUT2D eigenvalue weighted by atomic mass is 16.4. The quantitative estimate of drug-likeness (QED) is 0.621. The van der Waals surface area contributed by atoms with Gasteiger partial charge < -0.3 is 10.4 Å². The molecule has 1 aliphatic carbocycles. The number of carboxylic acids is 1. The number of nitrogens with one attached hydrogen (secondary N) is 1. The molecule has 74 valence electrons. The fraction of sp³-hybridized carbons (Fsp3) is 0.778. The molecule has 4 nitrogen and oxygen atoms in total. The van der Waals surface area contributed by atoms with Gasteiger partial charge in [-0.2, -0.15) is 0 Å². The Hall–Kier alpha value is -1.06. The third-order valence-corrected chi connectivity index (χ3v) is 2.10. The lowest BCUT2D eigenvalue weighted by Gasteiger charge is -2.11. The van der Waals surface area contributed by atoms with Gasteiger partial charge in [0.1, 0.15) is 6.42 Å². The highest BCUT2D eigenvalue weighted by Crippen LogP contribution is 2.33. The van der Waals surface area contributed by atoms with E-state index >= 15 is 0 Å². The van der Waals surface area contributed by atoms with E-state index in [1.54, 1.807) is 0 Å². The highest BCUT2D eigenvalue weighted by molar-refractivity contribution is 5.93. The first-order valence-corrected chi connectivity index (χ1v) is 4.59. The van der Waals surface area contributed by atoms with Crippen LogP contribution in [0.2, 0.25) is 0 Å². The van der Waals surface area contributed by atoms with Gasteiger partial charge in [0.05, 0.1) is 0 Å². The lowest BCUT2D eigenvalue weighted by Crippen LogP contribution is -2.34. The molecule has 2 N–H and O–H groups in total. The molecule has 0 spiro atoms. The van der Waals surface area contributed by atoms with Crippen LogP contribution in [0.25, 0.3) is 0 Å². The summed E-state index contributed by atoms with van der Waals surface area (Å²) in [6, 6.07) is 0.111. The fourth-order valence-electron chi connectivity index (χ4n) is 1.38. The SMILES string of the molecule is CC(CC1CC1)NC(=O)CC(=O)O. The maximum atomic E-state index is 11.0. The molecule has 13 heavy (non-hydrogen) atoms. The normalized spacial score (nSPS) is 17.9. The lowest BCUT2D eigenvalue weighted by atomic mass is 10.1. The first kappa shape index (κ1) is 10.0. The molecule has 0 aliphatic heterocycles. The molecule has 0 bridgehead atoms. The molecule has 4 heteroatoms. The second kappa shape index (κ2) is 4.25. The zero-order valence-corrected chi connectivity index (χ0v) is 7.75. The summed E-state index contributed by atoms with van der Waals surface area (Å²) in [4.78, 5) is 21.1. The predicted octanol–water partition coefficient (Wildman–Crippen LogP) is 0.766. The Labute approximate surface area is 77.3 Å².